The molecule has 34 heavy (non-hydrogen) atoms. The Labute approximate surface area is 200 Å². The lowest BCUT2D eigenvalue weighted by atomic mass is 9.76. The number of piperidine rings is 1. The maximum Gasteiger partial charge on any atom is 0.348 e. The van der Waals surface area contributed by atoms with Crippen molar-refractivity contribution in [2.75, 3.05) is 46.0 Å². The lowest BCUT2D eigenvalue weighted by molar-refractivity contribution is -0.170. The normalized spacial score (nSPS) is 15.6. The number of carbonyl (C=O) groups is 2. The molecule has 0 spiro atoms. The third-order valence-electron chi connectivity index (χ3n) is 6.36. The molecule has 1 aliphatic heterocycles. The average molecular weight is 471 g/mol. The molecule has 0 saturated carbocycles. The van der Waals surface area contributed by atoms with Gasteiger partial charge in [0, 0.05) is 32.1 Å². The van der Waals surface area contributed by atoms with Gasteiger partial charge in [-0.1, -0.05) is 60.7 Å². The first kappa shape index (κ1) is 25.8. The van der Waals surface area contributed by atoms with Crippen LogP contribution in [0.2, 0.25) is 0 Å². The number of likely N-dealkylation sites (tertiary alicyclic amines) is 1. The van der Waals surface area contributed by atoms with Crippen molar-refractivity contribution in [3.05, 3.63) is 71.8 Å². The molecule has 184 valence electrons. The number of hydrogen-bond acceptors (Lipinski definition) is 6. The summed E-state index contributed by atoms with van der Waals surface area (Å²) in [6.07, 6.45) is 0.272. The first-order valence-electron chi connectivity index (χ1n) is 11.7. The molecule has 8 heteroatoms. The largest absolute Gasteiger partial charge is 0.478 e. The van der Waals surface area contributed by atoms with Gasteiger partial charge in [0.2, 0.25) is 12.1 Å². The minimum absolute atomic E-state index is 0.0253. The minimum atomic E-state index is -1.40. The van der Waals surface area contributed by atoms with Gasteiger partial charge >= 0.3 is 5.97 Å². The topological polar surface area (TPSA) is 111 Å². The first-order valence-corrected chi connectivity index (χ1v) is 11.7. The summed E-state index contributed by atoms with van der Waals surface area (Å²) >= 11 is 0. The van der Waals surface area contributed by atoms with Crippen molar-refractivity contribution in [2.24, 2.45) is 5.92 Å². The van der Waals surface area contributed by atoms with E-state index in [1.54, 1.807) is 4.90 Å². The number of carboxylic acids is 1. The molecule has 0 bridgehead atoms. The van der Waals surface area contributed by atoms with Gasteiger partial charge in [-0.05, 0) is 29.9 Å². The summed E-state index contributed by atoms with van der Waals surface area (Å²) < 4.78 is 5.41. The van der Waals surface area contributed by atoms with E-state index >= 15 is 0 Å². The predicted molar refractivity (Wildman–Crippen MR) is 127 cm³/mol. The second-order valence-corrected chi connectivity index (χ2v) is 8.50. The van der Waals surface area contributed by atoms with E-state index < -0.39 is 12.2 Å². The van der Waals surface area contributed by atoms with Gasteiger partial charge in [0.25, 0.3) is 0 Å². The van der Waals surface area contributed by atoms with Crippen molar-refractivity contribution in [2.45, 2.75) is 25.0 Å². The van der Waals surface area contributed by atoms with Gasteiger partial charge in [0.05, 0.1) is 13.2 Å². The molecular formula is C26H34N2O6. The van der Waals surface area contributed by atoms with Crippen molar-refractivity contribution < 1.29 is 29.6 Å². The Kier molecular flexibility index (Phi) is 10.0. The van der Waals surface area contributed by atoms with E-state index in [1.165, 1.54) is 16.0 Å². The highest BCUT2D eigenvalue weighted by atomic mass is 16.5. The number of aliphatic hydroxyl groups is 2. The third kappa shape index (κ3) is 6.87. The molecule has 8 nitrogen and oxygen atoms in total. The number of ether oxygens (including phenoxy) is 1. The van der Waals surface area contributed by atoms with Gasteiger partial charge in [0.15, 0.2) is 0 Å². The van der Waals surface area contributed by atoms with Gasteiger partial charge in [0.1, 0.15) is 6.61 Å². The van der Waals surface area contributed by atoms with E-state index in [0.717, 1.165) is 12.8 Å². The molecular weight excluding hydrogens is 436 g/mol. The molecule has 0 aromatic heterocycles. The van der Waals surface area contributed by atoms with E-state index in [-0.39, 0.29) is 44.7 Å². The lowest BCUT2D eigenvalue weighted by Crippen LogP contribution is -2.48. The van der Waals surface area contributed by atoms with Crippen LogP contribution in [0, 0.1) is 5.92 Å². The van der Waals surface area contributed by atoms with Crippen LogP contribution in [-0.2, 0) is 14.3 Å². The zero-order valence-corrected chi connectivity index (χ0v) is 19.3. The molecule has 1 amide bonds. The number of aliphatic hydroxyl groups excluding tert-OH is 2. The molecule has 0 radical (unpaired) electrons. The summed E-state index contributed by atoms with van der Waals surface area (Å²) in [5.74, 6) is -0.889. The molecule has 3 N–H and O–H groups in total. The smallest absolute Gasteiger partial charge is 0.348 e. The highest BCUT2D eigenvalue weighted by molar-refractivity contribution is 5.78. The molecule has 2 aromatic carbocycles. The number of hydrogen-bond donors (Lipinski definition) is 3. The summed E-state index contributed by atoms with van der Waals surface area (Å²) in [4.78, 5) is 27.4. The first-order chi connectivity index (χ1) is 16.5. The standard InChI is InChI=1S/C26H34N2O6/c29-17-15-28(16-18-30)25(26(32)33)34-19-23(31)27-13-11-22(12-14-27)24(20-7-3-1-4-8-20)21-9-5-2-6-10-21/h1-10,22,24-25,29-30H,11-19H2,(H,32,33). The van der Waals surface area contributed by atoms with Crippen molar-refractivity contribution >= 4 is 11.9 Å². The highest BCUT2D eigenvalue weighted by Gasteiger charge is 2.32. The van der Waals surface area contributed by atoms with Crippen molar-refractivity contribution in [1.29, 1.82) is 0 Å². The number of benzene rings is 2. The summed E-state index contributed by atoms with van der Waals surface area (Å²) in [5, 5.41) is 27.8. The Bertz CT molecular complexity index is 841. The summed E-state index contributed by atoms with van der Waals surface area (Å²) in [7, 11) is 0. The van der Waals surface area contributed by atoms with Crippen LogP contribution in [0.1, 0.15) is 29.9 Å². The van der Waals surface area contributed by atoms with E-state index in [0.29, 0.717) is 19.0 Å². The van der Waals surface area contributed by atoms with Gasteiger partial charge in [-0.3, -0.25) is 9.69 Å². The maximum absolute atomic E-state index is 12.8. The van der Waals surface area contributed by atoms with Gasteiger partial charge in [-0.25, -0.2) is 4.79 Å². The molecule has 0 aliphatic carbocycles. The van der Waals surface area contributed by atoms with Crippen LogP contribution < -0.4 is 0 Å². The maximum atomic E-state index is 12.8. The molecule has 2 aromatic rings. The summed E-state index contributed by atoms with van der Waals surface area (Å²) in [6, 6.07) is 20.8. The Morgan fingerprint density at radius 1 is 0.912 bits per heavy atom. The van der Waals surface area contributed by atoms with Crippen LogP contribution in [0.15, 0.2) is 60.7 Å². The highest BCUT2D eigenvalue weighted by Crippen LogP contribution is 2.37. The van der Waals surface area contributed by atoms with Crippen LogP contribution in [0.5, 0.6) is 0 Å². The van der Waals surface area contributed by atoms with E-state index in [1.807, 2.05) is 12.1 Å². The molecule has 1 saturated heterocycles. The molecule has 1 unspecified atom stereocenters. The lowest BCUT2D eigenvalue weighted by Gasteiger charge is -2.37. The van der Waals surface area contributed by atoms with Crippen LogP contribution in [-0.4, -0.2) is 89.2 Å². The average Bonchev–Trinajstić information content (AvgIpc) is 2.86. The Balaban J connectivity index is 1.60. The van der Waals surface area contributed by atoms with Crippen LogP contribution in [0.25, 0.3) is 0 Å². The zero-order chi connectivity index (χ0) is 24.3. The number of carbonyl (C=O) groups excluding carboxylic acids is 1. The summed E-state index contributed by atoms with van der Waals surface area (Å²) in [6.45, 7) is 0.289. The van der Waals surface area contributed by atoms with Crippen molar-refractivity contribution in [3.63, 3.8) is 0 Å². The number of carboxylic acid groups (broad SMARTS) is 1. The van der Waals surface area contributed by atoms with Gasteiger partial charge in [-0.2, -0.15) is 0 Å². The molecule has 1 atom stereocenters. The number of aliphatic carboxylic acids is 1. The molecule has 1 heterocycles. The van der Waals surface area contributed by atoms with Crippen LogP contribution >= 0.6 is 0 Å². The quantitative estimate of drug-likeness (QED) is 0.406. The second-order valence-electron chi connectivity index (χ2n) is 8.50. The van der Waals surface area contributed by atoms with Gasteiger partial charge in [-0.15, -0.1) is 0 Å². The monoisotopic (exact) mass is 470 g/mol. The zero-order valence-electron chi connectivity index (χ0n) is 19.3. The number of nitrogens with zero attached hydrogens (tertiary/aromatic N) is 2. The van der Waals surface area contributed by atoms with E-state index in [2.05, 4.69) is 48.5 Å². The molecule has 1 aliphatic rings. The fourth-order valence-electron chi connectivity index (χ4n) is 4.72. The van der Waals surface area contributed by atoms with Crippen LogP contribution in [0.4, 0.5) is 0 Å². The Hall–Kier alpha value is -2.78. The Morgan fingerprint density at radius 3 is 1.85 bits per heavy atom. The van der Waals surface area contributed by atoms with Crippen LogP contribution in [0.3, 0.4) is 0 Å². The fraction of sp³-hybridized carbons (Fsp3) is 0.462. The second kappa shape index (κ2) is 13.2. The molecule has 1 fully saturated rings. The Morgan fingerprint density at radius 2 is 1.41 bits per heavy atom. The van der Waals surface area contributed by atoms with E-state index in [4.69, 9.17) is 14.9 Å². The number of amides is 1. The summed E-state index contributed by atoms with van der Waals surface area (Å²) in [5.41, 5.74) is 2.53. The van der Waals surface area contributed by atoms with Gasteiger partial charge < -0.3 is 25.0 Å². The van der Waals surface area contributed by atoms with Crippen molar-refractivity contribution in [1.82, 2.24) is 9.80 Å². The van der Waals surface area contributed by atoms with E-state index in [9.17, 15) is 14.7 Å². The molecule has 3 rings (SSSR count). The predicted octanol–water partition coefficient (Wildman–Crippen LogP) is 1.77. The number of rotatable bonds is 12. The third-order valence-corrected chi connectivity index (χ3v) is 6.36. The minimum Gasteiger partial charge on any atom is -0.478 e. The SMILES string of the molecule is O=C(O)C(OCC(=O)N1CCC(C(c2ccccc2)c2ccccc2)CC1)N(CCO)CCO. The fourth-order valence-corrected chi connectivity index (χ4v) is 4.72. The van der Waals surface area contributed by atoms with Crippen molar-refractivity contribution in [3.8, 4) is 0 Å².